The van der Waals surface area contributed by atoms with E-state index < -0.39 is 0 Å². The summed E-state index contributed by atoms with van der Waals surface area (Å²) in [6, 6.07) is 13.3. The molecule has 0 atom stereocenters. The molecule has 0 radical (unpaired) electrons. The van der Waals surface area contributed by atoms with Gasteiger partial charge in [-0.2, -0.15) is 0 Å². The first-order chi connectivity index (χ1) is 14.6. The highest BCUT2D eigenvalue weighted by molar-refractivity contribution is 6.30. The van der Waals surface area contributed by atoms with Crippen LogP contribution < -0.4 is 9.47 Å². The van der Waals surface area contributed by atoms with Crippen molar-refractivity contribution in [1.29, 1.82) is 0 Å². The first-order valence-electron chi connectivity index (χ1n) is 9.88. The van der Waals surface area contributed by atoms with E-state index in [4.69, 9.17) is 25.5 Å². The highest BCUT2D eigenvalue weighted by atomic mass is 35.5. The molecule has 2 heterocycles. The van der Waals surface area contributed by atoms with E-state index in [1.807, 2.05) is 42.5 Å². The Labute approximate surface area is 181 Å². The van der Waals surface area contributed by atoms with Gasteiger partial charge in [0.15, 0.2) is 0 Å². The van der Waals surface area contributed by atoms with Gasteiger partial charge < -0.3 is 13.9 Å². The van der Waals surface area contributed by atoms with Crippen LogP contribution in [0.2, 0.25) is 5.02 Å². The average molecular weight is 429 g/mol. The fourth-order valence-electron chi connectivity index (χ4n) is 3.57. The molecule has 0 unspecified atom stereocenters. The third-order valence-electron chi connectivity index (χ3n) is 5.26. The third-order valence-corrected chi connectivity index (χ3v) is 5.52. The van der Waals surface area contributed by atoms with E-state index in [0.717, 1.165) is 55.3 Å². The van der Waals surface area contributed by atoms with Crippen molar-refractivity contribution in [2.24, 2.45) is 0 Å². The molecule has 158 valence electrons. The molecular weight excluding hydrogens is 404 g/mol. The maximum absolute atomic E-state index is 5.94. The van der Waals surface area contributed by atoms with Crippen LogP contribution in [0.3, 0.4) is 0 Å². The van der Waals surface area contributed by atoms with Gasteiger partial charge in [0.05, 0.1) is 20.8 Å². The second-order valence-corrected chi connectivity index (χ2v) is 7.67. The summed E-state index contributed by atoms with van der Waals surface area (Å²) in [6.45, 7) is 5.26. The van der Waals surface area contributed by atoms with Gasteiger partial charge in [0, 0.05) is 48.9 Å². The van der Waals surface area contributed by atoms with Crippen LogP contribution in [0.4, 0.5) is 0 Å². The molecule has 1 fully saturated rings. The standard InChI is InChI=1S/C22H25ClN4O3/c1-28-19-7-8-20(29-2)17(13-19)14-26-9-11-27(12-10-26)15-21-24-25-22(30-21)16-3-5-18(23)6-4-16/h3-8,13H,9-12,14-15H2,1-2H3. The Hall–Kier alpha value is -2.61. The number of piperazine rings is 1. The zero-order valence-corrected chi connectivity index (χ0v) is 17.9. The molecule has 1 saturated heterocycles. The van der Waals surface area contributed by atoms with Gasteiger partial charge in [0.1, 0.15) is 11.5 Å². The van der Waals surface area contributed by atoms with Crippen molar-refractivity contribution in [1.82, 2.24) is 20.0 Å². The molecule has 0 bridgehead atoms. The molecule has 1 aliphatic heterocycles. The van der Waals surface area contributed by atoms with E-state index in [9.17, 15) is 0 Å². The molecule has 3 aromatic rings. The summed E-state index contributed by atoms with van der Waals surface area (Å²) in [4.78, 5) is 4.75. The summed E-state index contributed by atoms with van der Waals surface area (Å²) in [5.74, 6) is 2.88. The normalized spacial score (nSPS) is 15.3. The number of ether oxygens (including phenoxy) is 2. The molecule has 4 rings (SSSR count). The van der Waals surface area contributed by atoms with Crippen LogP contribution >= 0.6 is 11.6 Å². The molecule has 2 aromatic carbocycles. The van der Waals surface area contributed by atoms with Crippen molar-refractivity contribution in [3.63, 3.8) is 0 Å². The lowest BCUT2D eigenvalue weighted by molar-refractivity contribution is 0.114. The van der Waals surface area contributed by atoms with E-state index in [-0.39, 0.29) is 0 Å². The van der Waals surface area contributed by atoms with Gasteiger partial charge >= 0.3 is 0 Å². The number of rotatable bonds is 7. The smallest absolute Gasteiger partial charge is 0.247 e. The van der Waals surface area contributed by atoms with E-state index >= 15 is 0 Å². The molecular formula is C22H25ClN4O3. The maximum atomic E-state index is 5.94. The summed E-state index contributed by atoms with van der Waals surface area (Å²) in [6.07, 6.45) is 0. The SMILES string of the molecule is COc1ccc(OC)c(CN2CCN(Cc3nnc(-c4ccc(Cl)cc4)o3)CC2)c1. The Morgan fingerprint density at radius 3 is 2.27 bits per heavy atom. The molecule has 0 amide bonds. The third kappa shape index (κ3) is 4.92. The molecule has 30 heavy (non-hydrogen) atoms. The van der Waals surface area contributed by atoms with Gasteiger partial charge in [-0.3, -0.25) is 9.80 Å². The zero-order valence-electron chi connectivity index (χ0n) is 17.2. The second kappa shape index (κ2) is 9.47. The highest BCUT2D eigenvalue weighted by Gasteiger charge is 2.20. The van der Waals surface area contributed by atoms with Gasteiger partial charge in [-0.05, 0) is 42.5 Å². The molecule has 0 N–H and O–H groups in total. The average Bonchev–Trinajstić information content (AvgIpc) is 3.24. The Bertz CT molecular complexity index is 969. The van der Waals surface area contributed by atoms with Crippen molar-refractivity contribution in [2.45, 2.75) is 13.1 Å². The lowest BCUT2D eigenvalue weighted by Crippen LogP contribution is -2.45. The maximum Gasteiger partial charge on any atom is 0.247 e. The number of aromatic nitrogens is 2. The van der Waals surface area contributed by atoms with Crippen molar-refractivity contribution >= 4 is 11.6 Å². The second-order valence-electron chi connectivity index (χ2n) is 7.24. The number of benzene rings is 2. The van der Waals surface area contributed by atoms with Crippen LogP contribution in [-0.2, 0) is 13.1 Å². The molecule has 0 aliphatic carbocycles. The van der Waals surface area contributed by atoms with Crippen LogP contribution in [0.1, 0.15) is 11.5 Å². The lowest BCUT2D eigenvalue weighted by Gasteiger charge is -2.34. The van der Waals surface area contributed by atoms with Crippen LogP contribution in [0.5, 0.6) is 11.5 Å². The van der Waals surface area contributed by atoms with Crippen LogP contribution in [0.25, 0.3) is 11.5 Å². The van der Waals surface area contributed by atoms with Gasteiger partial charge in [-0.25, -0.2) is 0 Å². The molecule has 7 nitrogen and oxygen atoms in total. The Balaban J connectivity index is 1.32. The fraction of sp³-hybridized carbons (Fsp3) is 0.364. The van der Waals surface area contributed by atoms with Crippen LogP contribution in [-0.4, -0.2) is 60.4 Å². The summed E-state index contributed by atoms with van der Waals surface area (Å²) in [5, 5.41) is 9.05. The van der Waals surface area contributed by atoms with Crippen molar-refractivity contribution in [3.8, 4) is 23.0 Å². The van der Waals surface area contributed by atoms with Gasteiger partial charge in [-0.1, -0.05) is 11.6 Å². The molecule has 0 saturated carbocycles. The summed E-state index contributed by atoms with van der Waals surface area (Å²) >= 11 is 5.94. The van der Waals surface area contributed by atoms with E-state index in [1.165, 1.54) is 0 Å². The first-order valence-corrected chi connectivity index (χ1v) is 10.3. The van der Waals surface area contributed by atoms with Crippen molar-refractivity contribution in [2.75, 3.05) is 40.4 Å². The molecule has 1 aromatic heterocycles. The Kier molecular flexibility index (Phi) is 6.52. The van der Waals surface area contributed by atoms with Gasteiger partial charge in [0.25, 0.3) is 0 Å². The Morgan fingerprint density at radius 1 is 0.900 bits per heavy atom. The fourth-order valence-corrected chi connectivity index (χ4v) is 3.70. The minimum atomic E-state index is 0.519. The number of halogens is 1. The van der Waals surface area contributed by atoms with Crippen LogP contribution in [0, 0.1) is 0 Å². The first kappa shape index (κ1) is 20.7. The molecule has 1 aliphatic rings. The Morgan fingerprint density at radius 2 is 1.60 bits per heavy atom. The highest BCUT2D eigenvalue weighted by Crippen LogP contribution is 2.26. The largest absolute Gasteiger partial charge is 0.497 e. The monoisotopic (exact) mass is 428 g/mol. The van der Waals surface area contributed by atoms with E-state index in [2.05, 4.69) is 20.0 Å². The van der Waals surface area contributed by atoms with E-state index in [0.29, 0.717) is 23.3 Å². The van der Waals surface area contributed by atoms with Gasteiger partial charge in [0.2, 0.25) is 11.8 Å². The summed E-state index contributed by atoms with van der Waals surface area (Å²) in [5.41, 5.74) is 2.00. The molecule has 0 spiro atoms. The predicted octanol–water partition coefficient (Wildman–Crippen LogP) is 3.73. The summed E-state index contributed by atoms with van der Waals surface area (Å²) < 4.78 is 16.7. The topological polar surface area (TPSA) is 63.9 Å². The number of hydrogen-bond donors (Lipinski definition) is 0. The quantitative estimate of drug-likeness (QED) is 0.568. The number of methoxy groups -OCH3 is 2. The summed E-state index contributed by atoms with van der Waals surface area (Å²) in [7, 11) is 3.38. The predicted molar refractivity (Wildman–Crippen MR) is 115 cm³/mol. The molecule has 8 heteroatoms. The van der Waals surface area contributed by atoms with E-state index in [1.54, 1.807) is 14.2 Å². The lowest BCUT2D eigenvalue weighted by atomic mass is 10.1. The van der Waals surface area contributed by atoms with Crippen molar-refractivity contribution < 1.29 is 13.9 Å². The number of nitrogens with zero attached hydrogens (tertiary/aromatic N) is 4. The minimum absolute atomic E-state index is 0.519. The number of hydrogen-bond acceptors (Lipinski definition) is 7. The van der Waals surface area contributed by atoms with Crippen LogP contribution in [0.15, 0.2) is 46.9 Å². The van der Waals surface area contributed by atoms with Gasteiger partial charge in [-0.15, -0.1) is 10.2 Å². The zero-order chi connectivity index (χ0) is 20.9. The minimum Gasteiger partial charge on any atom is -0.497 e. The van der Waals surface area contributed by atoms with Crippen molar-refractivity contribution in [3.05, 3.63) is 58.9 Å².